The van der Waals surface area contributed by atoms with Crippen LogP contribution in [0.5, 0.6) is 5.75 Å². The number of carbonyl (C=O) groups excluding carboxylic acids is 1. The van der Waals surface area contributed by atoms with Gasteiger partial charge in [0, 0.05) is 13.1 Å². The average molecular weight is 290 g/mol. The largest absolute Gasteiger partial charge is 0.508 e. The topological polar surface area (TPSA) is 66.6 Å². The van der Waals surface area contributed by atoms with Gasteiger partial charge >= 0.3 is 0 Å². The van der Waals surface area contributed by atoms with Crippen LogP contribution in [0.25, 0.3) is 0 Å². The van der Waals surface area contributed by atoms with Crippen molar-refractivity contribution in [3.05, 3.63) is 29.8 Å². The fourth-order valence-corrected chi connectivity index (χ4v) is 3.04. The summed E-state index contributed by atoms with van der Waals surface area (Å²) in [6.07, 6.45) is 5.04. The van der Waals surface area contributed by atoms with Gasteiger partial charge in [-0.3, -0.25) is 4.79 Å². The van der Waals surface area contributed by atoms with Crippen LogP contribution in [0.2, 0.25) is 0 Å². The van der Waals surface area contributed by atoms with Crippen LogP contribution in [0.15, 0.2) is 24.3 Å². The van der Waals surface area contributed by atoms with E-state index in [1.165, 1.54) is 12.8 Å². The van der Waals surface area contributed by atoms with Gasteiger partial charge in [0.2, 0.25) is 5.91 Å². The molecule has 2 rings (SSSR count). The van der Waals surface area contributed by atoms with Gasteiger partial charge in [0.1, 0.15) is 5.75 Å². The molecule has 1 aromatic carbocycles. The number of hydrogen-bond donors (Lipinski definition) is 2. The van der Waals surface area contributed by atoms with Crippen molar-refractivity contribution in [2.75, 3.05) is 7.05 Å². The first kappa shape index (κ1) is 15.8. The third kappa shape index (κ3) is 4.21. The Kier molecular flexibility index (Phi) is 5.23. The van der Waals surface area contributed by atoms with Crippen LogP contribution in [0.3, 0.4) is 0 Å². The average Bonchev–Trinajstić information content (AvgIpc) is 2.49. The van der Waals surface area contributed by atoms with E-state index >= 15 is 0 Å². The van der Waals surface area contributed by atoms with E-state index in [0.717, 1.165) is 24.3 Å². The highest BCUT2D eigenvalue weighted by atomic mass is 16.3. The minimum atomic E-state index is -0.515. The van der Waals surface area contributed by atoms with E-state index in [-0.39, 0.29) is 11.7 Å². The second-order valence-electron chi connectivity index (χ2n) is 6.34. The number of rotatable bonds is 4. The SMILES string of the molecule is CC1CCC(N(C)C(=O)[C@H](N)Cc2ccc(O)cc2)CC1. The Morgan fingerprint density at radius 3 is 2.43 bits per heavy atom. The fourth-order valence-electron chi connectivity index (χ4n) is 3.04. The monoisotopic (exact) mass is 290 g/mol. The smallest absolute Gasteiger partial charge is 0.239 e. The molecule has 116 valence electrons. The van der Waals surface area contributed by atoms with Crippen LogP contribution in [0, 0.1) is 5.92 Å². The van der Waals surface area contributed by atoms with E-state index in [1.807, 2.05) is 24.1 Å². The molecule has 1 aromatic rings. The second kappa shape index (κ2) is 6.94. The van der Waals surface area contributed by atoms with Gasteiger partial charge in [0.05, 0.1) is 6.04 Å². The molecule has 0 spiro atoms. The first-order chi connectivity index (χ1) is 9.97. The summed E-state index contributed by atoms with van der Waals surface area (Å²) in [7, 11) is 1.87. The van der Waals surface area contributed by atoms with Crippen molar-refractivity contribution >= 4 is 5.91 Å². The van der Waals surface area contributed by atoms with Crippen molar-refractivity contribution in [2.45, 2.75) is 51.1 Å². The Bertz CT molecular complexity index is 464. The van der Waals surface area contributed by atoms with Crippen molar-refractivity contribution in [3.8, 4) is 5.75 Å². The zero-order valence-electron chi connectivity index (χ0n) is 13.0. The van der Waals surface area contributed by atoms with Crippen molar-refractivity contribution in [1.82, 2.24) is 4.90 Å². The first-order valence-corrected chi connectivity index (χ1v) is 7.77. The lowest BCUT2D eigenvalue weighted by Crippen LogP contribution is -2.48. The van der Waals surface area contributed by atoms with Crippen LogP contribution in [-0.4, -0.2) is 35.0 Å². The maximum atomic E-state index is 12.4. The Morgan fingerprint density at radius 1 is 1.29 bits per heavy atom. The zero-order valence-corrected chi connectivity index (χ0v) is 13.0. The molecule has 4 nitrogen and oxygen atoms in total. The molecule has 0 heterocycles. The minimum Gasteiger partial charge on any atom is -0.508 e. The number of benzene rings is 1. The molecule has 1 atom stereocenters. The van der Waals surface area contributed by atoms with Crippen molar-refractivity contribution in [1.29, 1.82) is 0 Å². The molecule has 21 heavy (non-hydrogen) atoms. The molecule has 0 unspecified atom stereocenters. The molecule has 3 N–H and O–H groups in total. The highest BCUT2D eigenvalue weighted by molar-refractivity contribution is 5.82. The Balaban J connectivity index is 1.90. The molecule has 1 fully saturated rings. The zero-order chi connectivity index (χ0) is 15.4. The Hall–Kier alpha value is -1.55. The molecule has 0 aliphatic heterocycles. The molecular weight excluding hydrogens is 264 g/mol. The van der Waals surface area contributed by atoms with Gasteiger partial charge in [-0.15, -0.1) is 0 Å². The summed E-state index contributed by atoms with van der Waals surface area (Å²) in [6, 6.07) is 6.69. The van der Waals surface area contributed by atoms with Crippen LogP contribution < -0.4 is 5.73 Å². The maximum Gasteiger partial charge on any atom is 0.239 e. The van der Waals surface area contributed by atoms with Crippen LogP contribution >= 0.6 is 0 Å². The summed E-state index contributed by atoms with van der Waals surface area (Å²) < 4.78 is 0. The number of nitrogens with two attached hydrogens (primary N) is 1. The number of carbonyl (C=O) groups is 1. The van der Waals surface area contributed by atoms with Crippen LogP contribution in [0.1, 0.15) is 38.2 Å². The van der Waals surface area contributed by atoms with E-state index in [4.69, 9.17) is 5.73 Å². The third-order valence-electron chi connectivity index (χ3n) is 4.59. The Morgan fingerprint density at radius 2 is 1.86 bits per heavy atom. The quantitative estimate of drug-likeness (QED) is 0.894. The maximum absolute atomic E-state index is 12.4. The number of phenols is 1. The van der Waals surface area contributed by atoms with Gasteiger partial charge in [-0.2, -0.15) is 0 Å². The summed E-state index contributed by atoms with van der Waals surface area (Å²) in [5, 5.41) is 9.27. The Labute approximate surface area is 126 Å². The molecule has 0 radical (unpaired) electrons. The number of amides is 1. The van der Waals surface area contributed by atoms with Crippen LogP contribution in [-0.2, 0) is 11.2 Å². The second-order valence-corrected chi connectivity index (χ2v) is 6.34. The third-order valence-corrected chi connectivity index (χ3v) is 4.59. The summed E-state index contributed by atoms with van der Waals surface area (Å²) in [5.41, 5.74) is 7.04. The molecule has 4 heteroatoms. The summed E-state index contributed by atoms with van der Waals surface area (Å²) in [6.45, 7) is 2.27. The van der Waals surface area contributed by atoms with Gasteiger partial charge in [0.25, 0.3) is 0 Å². The summed E-state index contributed by atoms with van der Waals surface area (Å²) in [4.78, 5) is 14.3. The first-order valence-electron chi connectivity index (χ1n) is 7.77. The lowest BCUT2D eigenvalue weighted by molar-refractivity contribution is -0.134. The highest BCUT2D eigenvalue weighted by Gasteiger charge is 2.27. The minimum absolute atomic E-state index is 0.0163. The van der Waals surface area contributed by atoms with Gasteiger partial charge in [-0.1, -0.05) is 19.1 Å². The van der Waals surface area contributed by atoms with Crippen molar-refractivity contribution in [3.63, 3.8) is 0 Å². The number of phenolic OH excluding ortho intramolecular Hbond substituents is 1. The predicted molar refractivity (Wildman–Crippen MR) is 84.0 cm³/mol. The summed E-state index contributed by atoms with van der Waals surface area (Å²) in [5.74, 6) is 1.02. The van der Waals surface area contributed by atoms with Crippen molar-refractivity contribution < 1.29 is 9.90 Å². The van der Waals surface area contributed by atoms with E-state index in [1.54, 1.807) is 12.1 Å². The van der Waals surface area contributed by atoms with E-state index in [0.29, 0.717) is 12.5 Å². The molecule has 1 saturated carbocycles. The lowest BCUT2D eigenvalue weighted by atomic mass is 9.86. The number of likely N-dealkylation sites (N-methyl/N-ethyl adjacent to an activating group) is 1. The predicted octanol–water partition coefficient (Wildman–Crippen LogP) is 2.30. The normalized spacial score (nSPS) is 23.6. The molecule has 0 aromatic heterocycles. The van der Waals surface area contributed by atoms with Gasteiger partial charge < -0.3 is 15.7 Å². The standard InChI is InChI=1S/C17H26N2O2/c1-12-3-7-14(8-4-12)19(2)17(21)16(18)11-13-5-9-15(20)10-6-13/h5-6,9-10,12,14,16,20H,3-4,7-8,11,18H2,1-2H3/t12?,14?,16-/m1/s1. The molecule has 1 amide bonds. The molecular formula is C17H26N2O2. The number of nitrogens with zero attached hydrogens (tertiary/aromatic N) is 1. The van der Waals surface area contributed by atoms with E-state index in [2.05, 4.69) is 6.92 Å². The van der Waals surface area contributed by atoms with E-state index < -0.39 is 6.04 Å². The fraction of sp³-hybridized carbons (Fsp3) is 0.588. The van der Waals surface area contributed by atoms with Gasteiger partial charge in [-0.05, 0) is 55.7 Å². The molecule has 1 aliphatic carbocycles. The van der Waals surface area contributed by atoms with E-state index in [9.17, 15) is 9.90 Å². The lowest BCUT2D eigenvalue weighted by Gasteiger charge is -2.35. The number of hydrogen-bond acceptors (Lipinski definition) is 3. The molecule has 0 bridgehead atoms. The van der Waals surface area contributed by atoms with Crippen molar-refractivity contribution in [2.24, 2.45) is 11.7 Å². The number of aromatic hydroxyl groups is 1. The van der Waals surface area contributed by atoms with Gasteiger partial charge in [0.15, 0.2) is 0 Å². The van der Waals surface area contributed by atoms with Crippen LogP contribution in [0.4, 0.5) is 0 Å². The summed E-state index contributed by atoms with van der Waals surface area (Å²) >= 11 is 0. The highest BCUT2D eigenvalue weighted by Crippen LogP contribution is 2.26. The van der Waals surface area contributed by atoms with Gasteiger partial charge in [-0.25, -0.2) is 0 Å². The molecule has 1 aliphatic rings. The molecule has 0 saturated heterocycles.